The highest BCUT2D eigenvalue weighted by molar-refractivity contribution is 7.92. The number of hydrogen-bond acceptors (Lipinski definition) is 3. The van der Waals surface area contributed by atoms with Gasteiger partial charge in [-0.05, 0) is 6.16 Å². The number of rotatable bonds is 0. The Kier molecular flexibility index (Phi) is 1.85. The lowest BCUT2D eigenvalue weighted by molar-refractivity contribution is 0.340. The van der Waals surface area contributed by atoms with Crippen molar-refractivity contribution < 1.29 is 12.6 Å². The lowest BCUT2D eigenvalue weighted by atomic mass is 10.9. The standard InChI is InChI=1S/C3H7O3PS/c4-8(5)3-7-2-1-6-8/h7H,1-3H2. The summed E-state index contributed by atoms with van der Waals surface area (Å²) >= 11 is 0. The Morgan fingerprint density at radius 3 is 2.50 bits per heavy atom. The van der Waals surface area contributed by atoms with Crippen LogP contribution in [0.25, 0.3) is 0 Å². The van der Waals surface area contributed by atoms with Crippen molar-refractivity contribution in [1.29, 1.82) is 0 Å². The van der Waals surface area contributed by atoms with Crippen LogP contribution in [-0.2, 0) is 14.3 Å². The Morgan fingerprint density at radius 2 is 2.25 bits per heavy atom. The third-order valence-corrected chi connectivity index (χ3v) is 4.13. The monoisotopic (exact) mass is 154 g/mol. The summed E-state index contributed by atoms with van der Waals surface area (Å²) in [7, 11) is -2.53. The molecule has 0 aromatic carbocycles. The van der Waals surface area contributed by atoms with Gasteiger partial charge in [-0.2, -0.15) is 8.42 Å². The third kappa shape index (κ3) is 1.69. The van der Waals surface area contributed by atoms with Gasteiger partial charge in [0.05, 0.1) is 12.1 Å². The van der Waals surface area contributed by atoms with E-state index in [9.17, 15) is 8.42 Å². The fourth-order valence-electron chi connectivity index (χ4n) is 0.480. The molecule has 1 saturated heterocycles. The zero-order valence-electron chi connectivity index (χ0n) is 4.25. The molecule has 1 atom stereocenters. The lowest BCUT2D eigenvalue weighted by Gasteiger charge is -2.09. The van der Waals surface area contributed by atoms with E-state index < -0.39 is 10.1 Å². The predicted octanol–water partition coefficient (Wildman–Crippen LogP) is -0.0176. The first-order valence-corrected chi connectivity index (χ1v) is 5.28. The van der Waals surface area contributed by atoms with E-state index in [2.05, 4.69) is 4.18 Å². The van der Waals surface area contributed by atoms with Crippen LogP contribution in [0.4, 0.5) is 0 Å². The molecule has 0 radical (unpaired) electrons. The average Bonchev–Trinajstić information content (AvgIpc) is 1.65. The molecule has 1 rings (SSSR count). The Labute approximate surface area is 50.3 Å². The van der Waals surface area contributed by atoms with E-state index >= 15 is 0 Å². The van der Waals surface area contributed by atoms with Crippen LogP contribution in [-0.4, -0.2) is 26.7 Å². The molecule has 0 spiro atoms. The van der Waals surface area contributed by atoms with Crippen molar-refractivity contribution in [2.24, 2.45) is 0 Å². The van der Waals surface area contributed by atoms with E-state index in [1.165, 1.54) is 0 Å². The minimum Gasteiger partial charge on any atom is -0.269 e. The molecule has 1 fully saturated rings. The molecule has 0 aliphatic carbocycles. The molecule has 1 unspecified atom stereocenters. The SMILES string of the molecule is O=S1(=O)CPCCO1. The molecule has 1 heterocycles. The quantitative estimate of drug-likeness (QED) is 0.364. The molecular formula is C3H7O3PS. The van der Waals surface area contributed by atoms with Crippen molar-refractivity contribution in [1.82, 2.24) is 0 Å². The summed E-state index contributed by atoms with van der Waals surface area (Å²) in [4.78, 5) is 0. The van der Waals surface area contributed by atoms with Gasteiger partial charge >= 0.3 is 0 Å². The van der Waals surface area contributed by atoms with E-state index in [4.69, 9.17) is 0 Å². The maximum atomic E-state index is 10.4. The fraction of sp³-hybridized carbons (Fsp3) is 1.00. The lowest BCUT2D eigenvalue weighted by Crippen LogP contribution is -2.15. The summed E-state index contributed by atoms with van der Waals surface area (Å²) < 4.78 is 25.3. The summed E-state index contributed by atoms with van der Waals surface area (Å²) in [5.74, 6) is 0. The van der Waals surface area contributed by atoms with Gasteiger partial charge in [0, 0.05) is 0 Å². The molecule has 3 nitrogen and oxygen atoms in total. The van der Waals surface area contributed by atoms with Crippen molar-refractivity contribution >= 4 is 18.7 Å². The van der Waals surface area contributed by atoms with Crippen LogP contribution in [0.3, 0.4) is 0 Å². The second-order valence-electron chi connectivity index (χ2n) is 1.52. The van der Waals surface area contributed by atoms with Gasteiger partial charge in [0.2, 0.25) is 0 Å². The minimum atomic E-state index is -3.07. The van der Waals surface area contributed by atoms with Crippen molar-refractivity contribution in [2.75, 3.05) is 18.3 Å². The molecule has 0 aromatic heterocycles. The van der Waals surface area contributed by atoms with Gasteiger partial charge in [-0.3, -0.25) is 4.18 Å². The summed E-state index contributed by atoms with van der Waals surface area (Å²) in [5.41, 5.74) is 0.229. The van der Waals surface area contributed by atoms with E-state index in [1.807, 2.05) is 0 Å². The van der Waals surface area contributed by atoms with Gasteiger partial charge < -0.3 is 0 Å². The van der Waals surface area contributed by atoms with E-state index in [0.29, 0.717) is 15.2 Å². The van der Waals surface area contributed by atoms with Gasteiger partial charge in [-0.15, -0.1) is 8.58 Å². The van der Waals surface area contributed by atoms with Gasteiger partial charge in [0.15, 0.2) is 0 Å². The molecule has 1 aliphatic heterocycles. The second-order valence-corrected chi connectivity index (χ2v) is 5.03. The van der Waals surface area contributed by atoms with Crippen LogP contribution in [0.1, 0.15) is 0 Å². The maximum absolute atomic E-state index is 10.4. The van der Waals surface area contributed by atoms with Crippen LogP contribution >= 0.6 is 8.58 Å². The van der Waals surface area contributed by atoms with Crippen molar-refractivity contribution in [2.45, 2.75) is 0 Å². The second kappa shape index (κ2) is 2.29. The first-order chi connectivity index (χ1) is 3.71. The maximum Gasteiger partial charge on any atom is 0.271 e. The van der Waals surface area contributed by atoms with Crippen LogP contribution in [0.5, 0.6) is 0 Å². The van der Waals surface area contributed by atoms with Crippen molar-refractivity contribution in [3.8, 4) is 0 Å². The van der Waals surface area contributed by atoms with Crippen LogP contribution in [0.2, 0.25) is 0 Å². The molecule has 1 aliphatic rings. The topological polar surface area (TPSA) is 43.4 Å². The zero-order chi connectivity index (χ0) is 6.04. The van der Waals surface area contributed by atoms with E-state index in [1.54, 1.807) is 0 Å². The van der Waals surface area contributed by atoms with Crippen LogP contribution in [0, 0.1) is 0 Å². The molecule has 0 saturated carbocycles. The largest absolute Gasteiger partial charge is 0.271 e. The molecular weight excluding hydrogens is 147 g/mol. The third-order valence-electron chi connectivity index (χ3n) is 0.821. The first kappa shape index (κ1) is 6.46. The van der Waals surface area contributed by atoms with Crippen LogP contribution < -0.4 is 0 Å². The molecule has 5 heteroatoms. The minimum absolute atomic E-state index is 0.229. The summed E-state index contributed by atoms with van der Waals surface area (Å²) in [6.07, 6.45) is 0.902. The summed E-state index contributed by atoms with van der Waals surface area (Å²) in [6.45, 7) is 0.390. The van der Waals surface area contributed by atoms with Crippen molar-refractivity contribution in [3.63, 3.8) is 0 Å². The summed E-state index contributed by atoms with van der Waals surface area (Å²) in [6, 6.07) is 0. The van der Waals surface area contributed by atoms with Gasteiger partial charge in [-0.1, -0.05) is 0 Å². The Hall–Kier alpha value is 0.340. The molecule has 8 heavy (non-hydrogen) atoms. The van der Waals surface area contributed by atoms with Gasteiger partial charge in [0.25, 0.3) is 10.1 Å². The Bertz CT molecular complexity index is 149. The zero-order valence-corrected chi connectivity index (χ0v) is 6.07. The highest BCUT2D eigenvalue weighted by atomic mass is 32.2. The van der Waals surface area contributed by atoms with E-state index in [-0.39, 0.29) is 5.49 Å². The predicted molar refractivity (Wildman–Crippen MR) is 32.9 cm³/mol. The highest BCUT2D eigenvalue weighted by Crippen LogP contribution is 2.19. The van der Waals surface area contributed by atoms with Gasteiger partial charge in [-0.25, -0.2) is 0 Å². The highest BCUT2D eigenvalue weighted by Gasteiger charge is 2.14. The molecule has 0 aromatic rings. The van der Waals surface area contributed by atoms with Crippen molar-refractivity contribution in [3.05, 3.63) is 0 Å². The normalized spacial score (nSPS) is 30.5. The van der Waals surface area contributed by atoms with E-state index in [0.717, 1.165) is 6.16 Å². The first-order valence-electron chi connectivity index (χ1n) is 2.28. The van der Waals surface area contributed by atoms with Crippen LogP contribution in [0.15, 0.2) is 0 Å². The molecule has 0 N–H and O–H groups in total. The molecule has 0 amide bonds. The summed E-state index contributed by atoms with van der Waals surface area (Å²) in [5, 5.41) is 0. The smallest absolute Gasteiger partial charge is 0.269 e. The van der Waals surface area contributed by atoms with Gasteiger partial charge in [0.1, 0.15) is 0 Å². The molecule has 0 bridgehead atoms. The Morgan fingerprint density at radius 1 is 1.50 bits per heavy atom. The number of hydrogen-bond donors (Lipinski definition) is 0. The Balaban J connectivity index is 2.58. The fourth-order valence-corrected chi connectivity index (χ4v) is 3.12. The molecule has 48 valence electrons. The average molecular weight is 154 g/mol.